The summed E-state index contributed by atoms with van der Waals surface area (Å²) in [5.74, 6) is -0.126. The summed E-state index contributed by atoms with van der Waals surface area (Å²) < 4.78 is 23.9. The third kappa shape index (κ3) is 3.79. The Morgan fingerprint density at radius 3 is 2.59 bits per heavy atom. The lowest BCUT2D eigenvalue weighted by atomic mass is 10.5. The van der Waals surface area contributed by atoms with Gasteiger partial charge in [0.05, 0.1) is 5.75 Å². The van der Waals surface area contributed by atoms with Crippen LogP contribution >= 0.6 is 0 Å². The van der Waals surface area contributed by atoms with Crippen LogP contribution in [0.5, 0.6) is 0 Å². The van der Waals surface area contributed by atoms with Crippen molar-refractivity contribution in [1.29, 1.82) is 0 Å². The van der Waals surface area contributed by atoms with Crippen LogP contribution in [-0.4, -0.2) is 60.2 Å². The second kappa shape index (κ2) is 5.23. The van der Waals surface area contributed by atoms with Gasteiger partial charge in [-0.1, -0.05) is 0 Å². The van der Waals surface area contributed by atoms with E-state index in [1.807, 2.05) is 0 Å². The predicted molar refractivity (Wildman–Crippen MR) is 60.9 cm³/mol. The first-order valence-electron chi connectivity index (χ1n) is 4.90. The van der Waals surface area contributed by atoms with Gasteiger partial charge in [0.1, 0.15) is 5.82 Å². The minimum atomic E-state index is -3.30. The molecular weight excluding hydrogens is 246 g/mol. The molecule has 0 atom stereocenters. The van der Waals surface area contributed by atoms with E-state index < -0.39 is 15.9 Å². The maximum Gasteiger partial charge on any atom is 0.290 e. The van der Waals surface area contributed by atoms with E-state index in [9.17, 15) is 13.2 Å². The highest BCUT2D eigenvalue weighted by atomic mass is 32.2. The molecule has 8 nitrogen and oxygen atoms in total. The van der Waals surface area contributed by atoms with Crippen molar-refractivity contribution in [3.63, 3.8) is 0 Å². The molecule has 0 aromatic carbocycles. The van der Waals surface area contributed by atoms with E-state index in [0.717, 1.165) is 4.31 Å². The lowest BCUT2D eigenvalue weighted by Gasteiger charge is -2.10. The predicted octanol–water partition coefficient (Wildman–Crippen LogP) is -1.27. The molecule has 0 bridgehead atoms. The van der Waals surface area contributed by atoms with E-state index in [4.69, 9.17) is 0 Å². The Balaban J connectivity index is 2.45. The molecule has 0 spiro atoms. The van der Waals surface area contributed by atoms with Gasteiger partial charge in [-0.2, -0.15) is 0 Å². The molecule has 0 aliphatic carbocycles. The summed E-state index contributed by atoms with van der Waals surface area (Å²) in [5.41, 5.74) is 0. The van der Waals surface area contributed by atoms with Crippen molar-refractivity contribution in [1.82, 2.24) is 24.8 Å². The summed E-state index contributed by atoms with van der Waals surface area (Å²) in [6.45, 7) is 1.69. The van der Waals surface area contributed by atoms with E-state index in [2.05, 4.69) is 20.5 Å². The molecule has 0 radical (unpaired) electrons. The van der Waals surface area contributed by atoms with Gasteiger partial charge in [-0.3, -0.25) is 9.89 Å². The van der Waals surface area contributed by atoms with Crippen molar-refractivity contribution >= 4 is 15.9 Å². The summed E-state index contributed by atoms with van der Waals surface area (Å²) >= 11 is 0. The molecule has 96 valence electrons. The lowest BCUT2D eigenvalue weighted by Crippen LogP contribution is -2.34. The first-order chi connectivity index (χ1) is 7.83. The van der Waals surface area contributed by atoms with E-state index in [1.54, 1.807) is 6.92 Å². The van der Waals surface area contributed by atoms with Crippen LogP contribution in [0, 0.1) is 6.92 Å². The van der Waals surface area contributed by atoms with Crippen LogP contribution in [0.15, 0.2) is 0 Å². The standard InChI is InChI=1S/C8H15N5O3S/c1-6-10-7(12-11-6)8(14)9-4-5-17(15,16)13(2)3/h4-5H2,1-3H3,(H,9,14)(H,10,11,12). The van der Waals surface area contributed by atoms with Gasteiger partial charge in [-0.15, -0.1) is 5.10 Å². The molecule has 1 heterocycles. The molecule has 2 N–H and O–H groups in total. The summed E-state index contributed by atoms with van der Waals surface area (Å²) in [5, 5.41) is 8.62. The highest BCUT2D eigenvalue weighted by Crippen LogP contribution is 1.93. The van der Waals surface area contributed by atoms with Gasteiger partial charge < -0.3 is 5.32 Å². The third-order valence-corrected chi connectivity index (χ3v) is 3.83. The van der Waals surface area contributed by atoms with Crippen LogP contribution < -0.4 is 5.32 Å². The zero-order valence-corrected chi connectivity index (χ0v) is 10.7. The number of carbonyl (C=O) groups excluding carboxylic acids is 1. The molecule has 9 heteroatoms. The quantitative estimate of drug-likeness (QED) is 0.687. The molecule has 0 aliphatic rings. The minimum Gasteiger partial charge on any atom is -0.348 e. The van der Waals surface area contributed by atoms with E-state index >= 15 is 0 Å². The maximum atomic E-state index is 11.4. The fourth-order valence-corrected chi connectivity index (χ4v) is 1.72. The van der Waals surface area contributed by atoms with Gasteiger partial charge in [0.2, 0.25) is 15.8 Å². The number of aromatic nitrogens is 3. The molecule has 1 rings (SSSR count). The average Bonchev–Trinajstić information content (AvgIpc) is 2.64. The number of H-pyrrole nitrogens is 1. The van der Waals surface area contributed by atoms with Crippen molar-refractivity contribution in [2.24, 2.45) is 0 Å². The molecule has 0 unspecified atom stereocenters. The van der Waals surface area contributed by atoms with Crippen LogP contribution in [0.25, 0.3) is 0 Å². The number of aromatic amines is 1. The Morgan fingerprint density at radius 1 is 1.47 bits per heavy atom. The van der Waals surface area contributed by atoms with Crippen LogP contribution in [0.1, 0.15) is 16.4 Å². The van der Waals surface area contributed by atoms with Crippen LogP contribution in [0.2, 0.25) is 0 Å². The SMILES string of the molecule is Cc1nc(C(=O)NCCS(=O)(=O)N(C)C)n[nH]1. The largest absolute Gasteiger partial charge is 0.348 e. The molecule has 0 fully saturated rings. The first kappa shape index (κ1) is 13.6. The molecule has 1 aromatic rings. The number of hydrogen-bond donors (Lipinski definition) is 2. The number of carbonyl (C=O) groups is 1. The van der Waals surface area contributed by atoms with Crippen molar-refractivity contribution < 1.29 is 13.2 Å². The van der Waals surface area contributed by atoms with Crippen molar-refractivity contribution in [3.8, 4) is 0 Å². The minimum absolute atomic E-state index is 0.00440. The van der Waals surface area contributed by atoms with Crippen molar-refractivity contribution in [2.45, 2.75) is 6.92 Å². The number of nitrogens with zero attached hydrogens (tertiary/aromatic N) is 3. The Bertz CT molecular complexity index is 493. The second-order valence-electron chi connectivity index (χ2n) is 3.60. The van der Waals surface area contributed by atoms with Gasteiger partial charge >= 0.3 is 0 Å². The molecule has 17 heavy (non-hydrogen) atoms. The van der Waals surface area contributed by atoms with Crippen LogP contribution in [0.3, 0.4) is 0 Å². The summed E-state index contributed by atoms with van der Waals surface area (Å²) in [6.07, 6.45) is 0. The Morgan fingerprint density at radius 2 is 2.12 bits per heavy atom. The normalized spacial score (nSPS) is 11.8. The lowest BCUT2D eigenvalue weighted by molar-refractivity contribution is 0.0946. The molecule has 0 saturated heterocycles. The Kier molecular flexibility index (Phi) is 4.18. The summed E-state index contributed by atoms with van der Waals surface area (Å²) in [4.78, 5) is 15.3. The molecule has 1 aromatic heterocycles. The van der Waals surface area contributed by atoms with Crippen LogP contribution in [-0.2, 0) is 10.0 Å². The number of hydrogen-bond acceptors (Lipinski definition) is 5. The monoisotopic (exact) mass is 261 g/mol. The number of rotatable bonds is 5. The fraction of sp³-hybridized carbons (Fsp3) is 0.625. The van der Waals surface area contributed by atoms with Gasteiger partial charge in [0.15, 0.2) is 0 Å². The zero-order chi connectivity index (χ0) is 13.1. The Labute approximate surface area is 99.5 Å². The van der Waals surface area contributed by atoms with E-state index in [-0.39, 0.29) is 18.1 Å². The van der Waals surface area contributed by atoms with Crippen molar-refractivity contribution in [3.05, 3.63) is 11.6 Å². The molecular formula is C8H15N5O3S. The van der Waals surface area contributed by atoms with E-state index in [0.29, 0.717) is 5.82 Å². The zero-order valence-electron chi connectivity index (χ0n) is 9.89. The number of sulfonamides is 1. The Hall–Kier alpha value is -1.48. The van der Waals surface area contributed by atoms with Crippen LogP contribution in [0.4, 0.5) is 0 Å². The summed E-state index contributed by atoms with van der Waals surface area (Å²) in [6, 6.07) is 0. The summed E-state index contributed by atoms with van der Waals surface area (Å²) in [7, 11) is -0.420. The fourth-order valence-electron chi connectivity index (χ4n) is 0.999. The third-order valence-electron chi connectivity index (χ3n) is 2.00. The number of nitrogens with one attached hydrogen (secondary N) is 2. The second-order valence-corrected chi connectivity index (χ2v) is 5.90. The van der Waals surface area contributed by atoms with E-state index in [1.165, 1.54) is 14.1 Å². The molecule has 1 amide bonds. The highest BCUT2D eigenvalue weighted by Gasteiger charge is 2.15. The number of aryl methyl sites for hydroxylation is 1. The average molecular weight is 261 g/mol. The maximum absolute atomic E-state index is 11.4. The van der Waals surface area contributed by atoms with Gasteiger partial charge in [0.25, 0.3) is 5.91 Å². The van der Waals surface area contributed by atoms with Gasteiger partial charge in [0, 0.05) is 20.6 Å². The van der Waals surface area contributed by atoms with Crippen molar-refractivity contribution in [2.75, 3.05) is 26.4 Å². The van der Waals surface area contributed by atoms with Gasteiger partial charge in [-0.05, 0) is 6.92 Å². The molecule has 0 saturated carbocycles. The molecule has 0 aliphatic heterocycles. The highest BCUT2D eigenvalue weighted by molar-refractivity contribution is 7.89. The topological polar surface area (TPSA) is 108 Å². The van der Waals surface area contributed by atoms with Gasteiger partial charge in [-0.25, -0.2) is 17.7 Å². The smallest absolute Gasteiger partial charge is 0.290 e. The first-order valence-corrected chi connectivity index (χ1v) is 6.51. The number of amides is 1.